The van der Waals surface area contributed by atoms with Gasteiger partial charge in [0.25, 0.3) is 0 Å². The lowest BCUT2D eigenvalue weighted by atomic mass is 10.1. The molecule has 0 aliphatic carbocycles. The Hall–Kier alpha value is -9.87. The van der Waals surface area contributed by atoms with Crippen molar-refractivity contribution in [1.29, 1.82) is 0 Å². The number of carbonyl (C=O) groups is 6. The molecule has 0 aliphatic heterocycles. The van der Waals surface area contributed by atoms with Gasteiger partial charge in [-0.2, -0.15) is 5.10 Å². The lowest BCUT2D eigenvalue weighted by molar-refractivity contribution is 0.0684. The molecular formula is C39H24N2O22. The predicted octanol–water partition coefficient (Wildman–Crippen LogP) is 3.26. The lowest BCUT2D eigenvalue weighted by Gasteiger charge is -2.13. The first-order valence-corrected chi connectivity index (χ1v) is 16.9. The molecule has 12 N–H and O–H groups in total. The van der Waals surface area contributed by atoms with Crippen molar-refractivity contribution in [3.8, 4) is 86.2 Å². The molecule has 24 heteroatoms. The third kappa shape index (κ3) is 8.93. The van der Waals surface area contributed by atoms with Gasteiger partial charge in [0, 0.05) is 6.20 Å². The molecule has 0 unspecified atom stereocenters. The number of aromatic hydroxyl groups is 10. The summed E-state index contributed by atoms with van der Waals surface area (Å²) in [6.45, 7) is 0. The highest BCUT2D eigenvalue weighted by Crippen LogP contribution is 2.43. The summed E-state index contributed by atoms with van der Waals surface area (Å²) in [5, 5.41) is 117. The number of phenols is 10. The van der Waals surface area contributed by atoms with Gasteiger partial charge in [0.15, 0.2) is 57.5 Å². The van der Waals surface area contributed by atoms with E-state index in [2.05, 4.69) is 10.2 Å². The smallest absolute Gasteiger partial charge is 0.361 e. The highest BCUT2D eigenvalue weighted by atomic mass is 16.6. The van der Waals surface area contributed by atoms with E-state index in [0.29, 0.717) is 54.6 Å². The monoisotopic (exact) mass is 872 g/mol. The number of phenolic OH excluding ortho intramolecular Hbond substituents is 10. The predicted molar refractivity (Wildman–Crippen MR) is 199 cm³/mol. The minimum Gasteiger partial charge on any atom is -0.504 e. The van der Waals surface area contributed by atoms with Crippen molar-refractivity contribution in [2.45, 2.75) is 0 Å². The molecule has 0 bridgehead atoms. The maximum Gasteiger partial charge on any atom is 0.361 e. The van der Waals surface area contributed by atoms with Crippen molar-refractivity contribution in [3.05, 3.63) is 106 Å². The van der Waals surface area contributed by atoms with Crippen molar-refractivity contribution in [2.24, 2.45) is 0 Å². The van der Waals surface area contributed by atoms with E-state index in [1.54, 1.807) is 0 Å². The van der Waals surface area contributed by atoms with Crippen LogP contribution in [0, 0.1) is 0 Å². The first-order valence-electron chi connectivity index (χ1n) is 16.9. The summed E-state index contributed by atoms with van der Waals surface area (Å²) < 4.78 is 25.0. The summed E-state index contributed by atoms with van der Waals surface area (Å²) >= 11 is 0. The van der Waals surface area contributed by atoms with E-state index in [0.717, 1.165) is 6.07 Å². The van der Waals surface area contributed by atoms with Gasteiger partial charge in [-0.05, 0) is 66.7 Å². The fraction of sp³-hybridized carbons (Fsp3) is 0. The summed E-state index contributed by atoms with van der Waals surface area (Å²) in [6, 6.07) is 7.66. The zero-order valence-corrected chi connectivity index (χ0v) is 30.8. The summed E-state index contributed by atoms with van der Waals surface area (Å²) in [6.07, 6.45) is 1.21. The summed E-state index contributed by atoms with van der Waals surface area (Å²) in [7, 11) is 0. The molecule has 63 heavy (non-hydrogen) atoms. The van der Waals surface area contributed by atoms with Gasteiger partial charge in [-0.1, -0.05) is 0 Å². The zero-order chi connectivity index (χ0) is 46.0. The van der Waals surface area contributed by atoms with Gasteiger partial charge in [0.1, 0.15) is 5.69 Å². The highest BCUT2D eigenvalue weighted by molar-refractivity contribution is 5.98. The van der Waals surface area contributed by atoms with E-state index >= 15 is 0 Å². The average molecular weight is 873 g/mol. The fourth-order valence-corrected chi connectivity index (χ4v) is 5.11. The Balaban J connectivity index is 1.20. The van der Waals surface area contributed by atoms with Crippen LogP contribution in [0.4, 0.5) is 0 Å². The summed E-state index contributed by atoms with van der Waals surface area (Å²) in [4.78, 5) is 75.9. The first kappa shape index (κ1) is 42.7. The van der Waals surface area contributed by atoms with E-state index in [-0.39, 0.29) is 5.69 Å². The number of carboxylic acids is 1. The maximum atomic E-state index is 13.2. The van der Waals surface area contributed by atoms with Gasteiger partial charge in [0.2, 0.25) is 28.7 Å². The normalized spacial score (nSPS) is 10.7. The Morgan fingerprint density at radius 1 is 0.381 bits per heavy atom. The third-order valence-electron chi connectivity index (χ3n) is 8.20. The third-order valence-corrected chi connectivity index (χ3v) is 8.20. The van der Waals surface area contributed by atoms with Gasteiger partial charge >= 0.3 is 35.8 Å². The lowest BCUT2D eigenvalue weighted by Crippen LogP contribution is -2.14. The Morgan fingerprint density at radius 3 is 0.889 bits per heavy atom. The molecule has 1 heterocycles. The molecule has 0 atom stereocenters. The van der Waals surface area contributed by atoms with Crippen molar-refractivity contribution in [1.82, 2.24) is 10.2 Å². The number of rotatable bonds is 11. The van der Waals surface area contributed by atoms with Gasteiger partial charge < -0.3 is 79.9 Å². The van der Waals surface area contributed by atoms with Crippen LogP contribution in [0.5, 0.6) is 86.2 Å². The molecule has 5 aromatic carbocycles. The minimum atomic E-state index is -1.58. The number of H-pyrrole nitrogens is 1. The van der Waals surface area contributed by atoms with Crippen LogP contribution >= 0.6 is 0 Å². The Morgan fingerprint density at radius 2 is 0.635 bits per heavy atom. The maximum absolute atomic E-state index is 13.2. The van der Waals surface area contributed by atoms with E-state index in [1.807, 2.05) is 0 Å². The molecule has 0 fully saturated rings. The number of ether oxygens (including phenoxy) is 5. The number of nitrogens with zero attached hydrogens (tertiary/aromatic N) is 1. The van der Waals surface area contributed by atoms with Crippen molar-refractivity contribution in [2.75, 3.05) is 0 Å². The highest BCUT2D eigenvalue weighted by Gasteiger charge is 2.27. The van der Waals surface area contributed by atoms with Gasteiger partial charge in [-0.3, -0.25) is 5.10 Å². The number of nitrogens with one attached hydrogen (secondary N) is 1. The molecule has 0 radical (unpaired) electrons. The fourth-order valence-electron chi connectivity index (χ4n) is 5.11. The summed E-state index contributed by atoms with van der Waals surface area (Å²) in [5.41, 5.74) is -3.53. The van der Waals surface area contributed by atoms with Gasteiger partial charge in [-0.15, -0.1) is 0 Å². The van der Waals surface area contributed by atoms with Crippen LogP contribution in [0.25, 0.3) is 0 Å². The molecule has 24 nitrogen and oxygen atoms in total. The quantitative estimate of drug-likeness (QED) is 0.0505. The van der Waals surface area contributed by atoms with Crippen LogP contribution in [0.2, 0.25) is 0 Å². The Labute approximate surface area is 347 Å². The standard InChI is InChI=1S/C39H24N2O22/c42-19-3-13(34(52)53)8-24(29(19)47)59-35(54)14-4-20(43)30(48)25(9-14)60-36(55)15-5-21(44)31(49)26(10-15)61-37(56)16-6-22(45)32(50)27(11-16)62-38(57)17-7-23(46)33(51)28(12-17)63-39(58)18-1-2-40-41-18/h1-12,42-51H,(H,40,41)(H,52,53). The molecule has 0 saturated carbocycles. The SMILES string of the molecule is O=C(O)c1cc(O)c(O)c(OC(=O)c2cc(O)c(O)c(OC(=O)c3cc(O)c(O)c(OC(=O)c4cc(O)c(O)c(OC(=O)c5cc(O)c(O)c(OC(=O)c6ccn[nH]6)c5)c4)c3)c2)c1. The number of carbonyl (C=O) groups excluding carboxylic acids is 5. The van der Waals surface area contributed by atoms with E-state index in [4.69, 9.17) is 23.7 Å². The number of aromatic carboxylic acids is 1. The average Bonchev–Trinajstić information content (AvgIpc) is 3.78. The van der Waals surface area contributed by atoms with Crippen LogP contribution in [-0.4, -0.2) is 102 Å². The Kier molecular flexibility index (Phi) is 11.4. The number of aromatic nitrogens is 2. The molecule has 6 aromatic rings. The Bertz CT molecular complexity index is 2910. The molecule has 0 amide bonds. The van der Waals surface area contributed by atoms with E-state index < -0.39 is 150 Å². The molecular weight excluding hydrogens is 848 g/mol. The summed E-state index contributed by atoms with van der Waals surface area (Å²) in [5.74, 6) is -23.6. The number of hydrogen-bond donors (Lipinski definition) is 12. The zero-order valence-electron chi connectivity index (χ0n) is 30.8. The van der Waals surface area contributed by atoms with Crippen molar-refractivity contribution >= 4 is 35.8 Å². The van der Waals surface area contributed by atoms with Crippen LogP contribution < -0.4 is 23.7 Å². The topological polar surface area (TPSA) is 400 Å². The van der Waals surface area contributed by atoms with Crippen LogP contribution in [0.3, 0.4) is 0 Å². The number of hydrogen-bond acceptors (Lipinski definition) is 22. The van der Waals surface area contributed by atoms with E-state index in [1.165, 1.54) is 12.3 Å². The molecule has 0 saturated heterocycles. The number of carboxylic acid groups (broad SMARTS) is 1. The number of benzene rings is 5. The second kappa shape index (κ2) is 16.8. The second-order valence-corrected chi connectivity index (χ2v) is 12.4. The van der Waals surface area contributed by atoms with Gasteiger partial charge in [0.05, 0.1) is 27.8 Å². The first-order chi connectivity index (χ1) is 29.7. The van der Waals surface area contributed by atoms with Crippen molar-refractivity contribution < 1.29 is 109 Å². The van der Waals surface area contributed by atoms with Crippen LogP contribution in [0.15, 0.2) is 72.9 Å². The van der Waals surface area contributed by atoms with Crippen molar-refractivity contribution in [3.63, 3.8) is 0 Å². The second-order valence-electron chi connectivity index (χ2n) is 12.4. The van der Waals surface area contributed by atoms with Gasteiger partial charge in [-0.25, -0.2) is 28.8 Å². The molecule has 1 aromatic heterocycles. The molecule has 0 spiro atoms. The van der Waals surface area contributed by atoms with Crippen LogP contribution in [-0.2, 0) is 0 Å². The number of esters is 5. The molecule has 0 aliphatic rings. The molecule has 322 valence electrons. The van der Waals surface area contributed by atoms with E-state index in [9.17, 15) is 84.9 Å². The minimum absolute atomic E-state index is 0.178. The largest absolute Gasteiger partial charge is 0.504 e. The number of aromatic amines is 1. The molecule has 6 rings (SSSR count). The van der Waals surface area contributed by atoms with Crippen LogP contribution in [0.1, 0.15) is 62.3 Å².